The van der Waals surface area contributed by atoms with Crippen LogP contribution in [0.5, 0.6) is 0 Å². The third kappa shape index (κ3) is 4.80. The Hall–Kier alpha value is -0.340. The van der Waals surface area contributed by atoms with Gasteiger partial charge in [0.15, 0.2) is 0 Å². The predicted octanol–water partition coefficient (Wildman–Crippen LogP) is 2.42. The molecule has 0 radical (unpaired) electrons. The molecule has 2 heteroatoms. The number of rotatable bonds is 6. The van der Waals surface area contributed by atoms with Crippen LogP contribution in [-0.2, 0) is 0 Å². The van der Waals surface area contributed by atoms with Crippen LogP contribution >= 0.6 is 0 Å². The number of hydrogen-bond acceptors (Lipinski definition) is 2. The van der Waals surface area contributed by atoms with Crippen molar-refractivity contribution >= 4 is 0 Å². The van der Waals surface area contributed by atoms with Gasteiger partial charge in [0.25, 0.3) is 0 Å². The lowest BCUT2D eigenvalue weighted by Crippen LogP contribution is -2.35. The van der Waals surface area contributed by atoms with Crippen molar-refractivity contribution in [3.05, 3.63) is 11.6 Å². The van der Waals surface area contributed by atoms with E-state index in [2.05, 4.69) is 30.1 Å². The monoisotopic (exact) mass is 210 g/mol. The molecule has 0 aliphatic carbocycles. The average Bonchev–Trinajstić information content (AvgIpc) is 2.25. The molecule has 15 heavy (non-hydrogen) atoms. The smallest absolute Gasteiger partial charge is 0.0195 e. The zero-order valence-corrected chi connectivity index (χ0v) is 10.6. The van der Waals surface area contributed by atoms with Gasteiger partial charge in [-0.05, 0) is 53.1 Å². The number of unbranched alkanes of at least 4 members (excludes halogenated alkanes) is 1. The lowest BCUT2D eigenvalue weighted by Gasteiger charge is -2.30. The molecular weight excluding hydrogens is 184 g/mol. The van der Waals surface area contributed by atoms with E-state index in [-0.39, 0.29) is 0 Å². The number of nitrogens with zero attached hydrogens (tertiary/aromatic N) is 1. The molecule has 1 heterocycles. The highest BCUT2D eigenvalue weighted by atomic mass is 15.1. The zero-order chi connectivity index (χ0) is 11.1. The molecule has 0 fully saturated rings. The second kappa shape index (κ2) is 7.02. The molecule has 0 spiro atoms. The van der Waals surface area contributed by atoms with E-state index in [1.807, 2.05) is 7.05 Å². The highest BCUT2D eigenvalue weighted by molar-refractivity contribution is 5.08. The second-order valence-corrected chi connectivity index (χ2v) is 4.78. The summed E-state index contributed by atoms with van der Waals surface area (Å²) < 4.78 is 0. The largest absolute Gasteiger partial charge is 0.320 e. The molecule has 0 bridgehead atoms. The summed E-state index contributed by atoms with van der Waals surface area (Å²) in [5.74, 6) is 0. The summed E-state index contributed by atoms with van der Waals surface area (Å²) in [5, 5.41) is 3.20. The first-order valence-corrected chi connectivity index (χ1v) is 6.30. The van der Waals surface area contributed by atoms with E-state index >= 15 is 0 Å². The first-order chi connectivity index (χ1) is 7.24. The summed E-state index contributed by atoms with van der Waals surface area (Å²) in [4.78, 5) is 2.58. The van der Waals surface area contributed by atoms with Gasteiger partial charge in [0, 0.05) is 19.1 Å². The first-order valence-electron chi connectivity index (χ1n) is 6.30. The summed E-state index contributed by atoms with van der Waals surface area (Å²) in [6.07, 6.45) is 7.64. The van der Waals surface area contributed by atoms with Crippen molar-refractivity contribution in [3.8, 4) is 0 Å². The molecular formula is C13H26N2. The van der Waals surface area contributed by atoms with Crippen molar-refractivity contribution in [1.29, 1.82) is 0 Å². The van der Waals surface area contributed by atoms with Gasteiger partial charge in [0.2, 0.25) is 0 Å². The molecule has 0 aromatic carbocycles. The van der Waals surface area contributed by atoms with E-state index in [9.17, 15) is 0 Å². The molecule has 0 aromatic heterocycles. The lowest BCUT2D eigenvalue weighted by molar-refractivity contribution is 0.233. The van der Waals surface area contributed by atoms with Gasteiger partial charge in [0.1, 0.15) is 0 Å². The normalized spacial score (nSPS) is 18.3. The summed E-state index contributed by atoms with van der Waals surface area (Å²) in [7, 11) is 2.03. The molecule has 88 valence electrons. The van der Waals surface area contributed by atoms with Crippen molar-refractivity contribution in [3.63, 3.8) is 0 Å². The molecule has 1 N–H and O–H groups in total. The van der Waals surface area contributed by atoms with Crippen LogP contribution < -0.4 is 5.32 Å². The quantitative estimate of drug-likeness (QED) is 0.535. The zero-order valence-electron chi connectivity index (χ0n) is 10.6. The summed E-state index contributed by atoms with van der Waals surface area (Å²) in [6.45, 7) is 8.20. The minimum Gasteiger partial charge on any atom is -0.320 e. The maximum atomic E-state index is 3.20. The molecule has 0 saturated heterocycles. The average molecular weight is 210 g/mol. The van der Waals surface area contributed by atoms with Crippen LogP contribution in [-0.4, -0.2) is 37.6 Å². The van der Waals surface area contributed by atoms with Gasteiger partial charge in [-0.1, -0.05) is 11.6 Å². The Bertz CT molecular complexity index is 197. The maximum Gasteiger partial charge on any atom is 0.0195 e. The van der Waals surface area contributed by atoms with Crippen molar-refractivity contribution < 1.29 is 0 Å². The fourth-order valence-corrected chi connectivity index (χ4v) is 2.11. The summed E-state index contributed by atoms with van der Waals surface area (Å²) in [5.41, 5.74) is 1.66. The van der Waals surface area contributed by atoms with Crippen LogP contribution in [0.15, 0.2) is 11.6 Å². The van der Waals surface area contributed by atoms with Gasteiger partial charge in [-0.25, -0.2) is 0 Å². The fourth-order valence-electron chi connectivity index (χ4n) is 2.11. The Kier molecular flexibility index (Phi) is 5.96. The van der Waals surface area contributed by atoms with Crippen LogP contribution in [0.2, 0.25) is 0 Å². The van der Waals surface area contributed by atoms with Gasteiger partial charge in [-0.2, -0.15) is 0 Å². The fraction of sp³-hybridized carbons (Fsp3) is 0.846. The topological polar surface area (TPSA) is 15.3 Å². The SMILES string of the molecule is CNCCCCC1=CCCN(C(C)C)C1. The van der Waals surface area contributed by atoms with Gasteiger partial charge >= 0.3 is 0 Å². The molecule has 1 rings (SSSR count). The molecule has 0 amide bonds. The highest BCUT2D eigenvalue weighted by Crippen LogP contribution is 2.17. The second-order valence-electron chi connectivity index (χ2n) is 4.78. The van der Waals surface area contributed by atoms with Crippen LogP contribution in [0.1, 0.15) is 39.5 Å². The number of nitrogens with one attached hydrogen (secondary N) is 1. The van der Waals surface area contributed by atoms with Gasteiger partial charge in [0.05, 0.1) is 0 Å². The minimum atomic E-state index is 0.700. The van der Waals surface area contributed by atoms with Crippen molar-refractivity contribution in [2.45, 2.75) is 45.6 Å². The summed E-state index contributed by atoms with van der Waals surface area (Å²) >= 11 is 0. The Balaban J connectivity index is 2.21. The highest BCUT2D eigenvalue weighted by Gasteiger charge is 2.14. The Labute approximate surface area is 94.7 Å². The molecule has 0 aromatic rings. The molecule has 0 unspecified atom stereocenters. The van der Waals surface area contributed by atoms with E-state index in [0.717, 1.165) is 6.54 Å². The molecule has 1 aliphatic rings. The van der Waals surface area contributed by atoms with Gasteiger partial charge < -0.3 is 5.32 Å². The molecule has 0 saturated carbocycles. The first kappa shape index (κ1) is 12.7. The minimum absolute atomic E-state index is 0.700. The molecule has 0 atom stereocenters. The van der Waals surface area contributed by atoms with E-state index in [1.165, 1.54) is 38.8 Å². The molecule has 2 nitrogen and oxygen atoms in total. The summed E-state index contributed by atoms with van der Waals surface area (Å²) in [6, 6.07) is 0.700. The Morgan fingerprint density at radius 1 is 1.40 bits per heavy atom. The lowest BCUT2D eigenvalue weighted by atomic mass is 10.0. The van der Waals surface area contributed by atoms with E-state index in [4.69, 9.17) is 0 Å². The van der Waals surface area contributed by atoms with Crippen LogP contribution in [0.25, 0.3) is 0 Å². The predicted molar refractivity (Wildman–Crippen MR) is 67.2 cm³/mol. The van der Waals surface area contributed by atoms with Crippen molar-refractivity contribution in [2.24, 2.45) is 0 Å². The third-order valence-corrected chi connectivity index (χ3v) is 3.16. The Morgan fingerprint density at radius 2 is 2.20 bits per heavy atom. The van der Waals surface area contributed by atoms with Gasteiger partial charge in [-0.3, -0.25) is 4.90 Å². The van der Waals surface area contributed by atoms with Gasteiger partial charge in [-0.15, -0.1) is 0 Å². The van der Waals surface area contributed by atoms with Crippen LogP contribution in [0, 0.1) is 0 Å². The van der Waals surface area contributed by atoms with E-state index < -0.39 is 0 Å². The van der Waals surface area contributed by atoms with Crippen LogP contribution in [0.3, 0.4) is 0 Å². The Morgan fingerprint density at radius 3 is 2.87 bits per heavy atom. The van der Waals surface area contributed by atoms with Crippen LogP contribution in [0.4, 0.5) is 0 Å². The standard InChI is InChI=1S/C13H26N2/c1-12(2)15-10-6-8-13(11-15)7-4-5-9-14-3/h8,12,14H,4-7,9-11H2,1-3H3. The van der Waals surface area contributed by atoms with E-state index in [1.54, 1.807) is 5.57 Å². The van der Waals surface area contributed by atoms with E-state index in [0.29, 0.717) is 6.04 Å². The number of hydrogen-bond donors (Lipinski definition) is 1. The van der Waals surface area contributed by atoms with Crippen molar-refractivity contribution in [2.75, 3.05) is 26.7 Å². The molecule has 1 aliphatic heterocycles. The van der Waals surface area contributed by atoms with Crippen molar-refractivity contribution in [1.82, 2.24) is 10.2 Å². The maximum absolute atomic E-state index is 3.20. The third-order valence-electron chi connectivity index (χ3n) is 3.16.